The number of benzene rings is 1. The number of anilines is 1. The van der Waals surface area contributed by atoms with Crippen LogP contribution in [0, 0.1) is 5.92 Å². The van der Waals surface area contributed by atoms with Crippen LogP contribution in [-0.2, 0) is 17.8 Å². The highest BCUT2D eigenvalue weighted by Gasteiger charge is 2.22. The van der Waals surface area contributed by atoms with Crippen LogP contribution in [0.1, 0.15) is 49.4 Å². The summed E-state index contributed by atoms with van der Waals surface area (Å²) in [5, 5.41) is 4.36. The molecule has 0 radical (unpaired) electrons. The summed E-state index contributed by atoms with van der Waals surface area (Å²) in [5.74, 6) is 3.02. The molecule has 0 bridgehead atoms. The number of fused-ring (bicyclic) bond motifs is 1. The fourth-order valence-corrected chi connectivity index (χ4v) is 4.03. The molecule has 1 aromatic carbocycles. The van der Waals surface area contributed by atoms with Crippen molar-refractivity contribution in [2.45, 2.75) is 45.6 Å². The van der Waals surface area contributed by atoms with Crippen molar-refractivity contribution in [1.29, 1.82) is 0 Å². The Morgan fingerprint density at radius 1 is 1.14 bits per heavy atom. The molecule has 1 fully saturated rings. The summed E-state index contributed by atoms with van der Waals surface area (Å²) in [6.45, 7) is 7.03. The Labute approximate surface area is 166 Å². The third-order valence-corrected chi connectivity index (χ3v) is 5.69. The first-order chi connectivity index (χ1) is 13.6. The zero-order valence-corrected chi connectivity index (χ0v) is 17.0. The smallest absolute Gasteiger partial charge is 0.254 e. The van der Waals surface area contributed by atoms with Crippen LogP contribution in [-0.4, -0.2) is 39.8 Å². The lowest BCUT2D eigenvalue weighted by Crippen LogP contribution is -2.35. The first-order valence-corrected chi connectivity index (χ1v) is 10.2. The van der Waals surface area contributed by atoms with Gasteiger partial charge in [0.15, 0.2) is 0 Å². The number of ether oxygens (including phenoxy) is 1. The maximum atomic E-state index is 5.26. The molecule has 0 saturated carbocycles. The van der Waals surface area contributed by atoms with Crippen molar-refractivity contribution in [3.8, 4) is 0 Å². The van der Waals surface area contributed by atoms with E-state index in [1.54, 1.807) is 13.4 Å². The van der Waals surface area contributed by atoms with E-state index in [1.807, 2.05) is 4.52 Å². The van der Waals surface area contributed by atoms with E-state index in [0.717, 1.165) is 36.9 Å². The van der Waals surface area contributed by atoms with Gasteiger partial charge < -0.3 is 9.64 Å². The zero-order valence-electron chi connectivity index (χ0n) is 17.0. The second-order valence-electron chi connectivity index (χ2n) is 8.04. The van der Waals surface area contributed by atoms with Crippen LogP contribution < -0.4 is 4.90 Å². The van der Waals surface area contributed by atoms with Crippen LogP contribution in [0.2, 0.25) is 0 Å². The Balaban J connectivity index is 1.43. The first-order valence-electron chi connectivity index (χ1n) is 10.2. The molecule has 0 atom stereocenters. The van der Waals surface area contributed by atoms with Crippen LogP contribution in [0.3, 0.4) is 0 Å². The lowest BCUT2D eigenvalue weighted by Gasteiger charge is -2.33. The molecule has 0 unspecified atom stereocenters. The molecule has 0 aliphatic carbocycles. The summed E-state index contributed by atoms with van der Waals surface area (Å²) < 4.78 is 7.10. The molecule has 148 valence electrons. The van der Waals surface area contributed by atoms with Gasteiger partial charge in [-0.1, -0.05) is 38.1 Å². The Hall–Kier alpha value is -2.47. The van der Waals surface area contributed by atoms with Crippen LogP contribution in [0.4, 0.5) is 5.82 Å². The molecule has 0 amide bonds. The van der Waals surface area contributed by atoms with Gasteiger partial charge >= 0.3 is 0 Å². The molecule has 3 aromatic rings. The van der Waals surface area contributed by atoms with E-state index >= 15 is 0 Å². The van der Waals surface area contributed by atoms with E-state index < -0.39 is 0 Å². The summed E-state index contributed by atoms with van der Waals surface area (Å²) in [5.41, 5.74) is 3.76. The van der Waals surface area contributed by atoms with E-state index in [9.17, 15) is 0 Å². The minimum Gasteiger partial charge on any atom is -0.378 e. The highest BCUT2D eigenvalue weighted by atomic mass is 16.5. The van der Waals surface area contributed by atoms with Crippen LogP contribution in [0.5, 0.6) is 0 Å². The molecule has 6 heteroatoms. The SMILES string of the molecule is COCc1cc(N2CCC(Cc3ccc(C(C)C)cc3)CC2)n2ncnc2n1. The lowest BCUT2D eigenvalue weighted by atomic mass is 9.89. The van der Waals surface area contributed by atoms with Crippen LogP contribution >= 0.6 is 0 Å². The predicted molar refractivity (Wildman–Crippen MR) is 111 cm³/mol. The van der Waals surface area contributed by atoms with Gasteiger partial charge in [-0.05, 0) is 42.2 Å². The predicted octanol–water partition coefficient (Wildman–Crippen LogP) is 3.85. The van der Waals surface area contributed by atoms with Gasteiger partial charge in [0, 0.05) is 26.3 Å². The van der Waals surface area contributed by atoms with Crippen molar-refractivity contribution >= 4 is 11.6 Å². The van der Waals surface area contributed by atoms with Gasteiger partial charge in [0.25, 0.3) is 5.78 Å². The van der Waals surface area contributed by atoms with Crippen molar-refractivity contribution in [1.82, 2.24) is 19.6 Å². The highest BCUT2D eigenvalue weighted by molar-refractivity contribution is 5.47. The van der Waals surface area contributed by atoms with Gasteiger partial charge in [0.1, 0.15) is 12.1 Å². The molecule has 0 spiro atoms. The van der Waals surface area contributed by atoms with Crippen LogP contribution in [0.25, 0.3) is 5.78 Å². The zero-order chi connectivity index (χ0) is 19.5. The molecular formula is C22H29N5O. The molecule has 1 aliphatic rings. The van der Waals surface area contributed by atoms with E-state index in [1.165, 1.54) is 24.0 Å². The Morgan fingerprint density at radius 2 is 1.89 bits per heavy atom. The molecule has 6 nitrogen and oxygen atoms in total. The van der Waals surface area contributed by atoms with E-state index in [-0.39, 0.29) is 0 Å². The first kappa shape index (κ1) is 18.9. The van der Waals surface area contributed by atoms with Crippen molar-refractivity contribution in [3.05, 3.63) is 53.5 Å². The van der Waals surface area contributed by atoms with Crippen molar-refractivity contribution in [3.63, 3.8) is 0 Å². The number of aromatic nitrogens is 4. The summed E-state index contributed by atoms with van der Waals surface area (Å²) in [7, 11) is 1.69. The minimum absolute atomic E-state index is 0.485. The summed E-state index contributed by atoms with van der Waals surface area (Å²) in [4.78, 5) is 11.2. The topological polar surface area (TPSA) is 55.6 Å². The number of hydrogen-bond donors (Lipinski definition) is 0. The monoisotopic (exact) mass is 379 g/mol. The molecule has 3 heterocycles. The molecule has 0 N–H and O–H groups in total. The third-order valence-electron chi connectivity index (χ3n) is 5.69. The van der Waals surface area contributed by atoms with Gasteiger partial charge in [-0.3, -0.25) is 0 Å². The number of nitrogens with zero attached hydrogens (tertiary/aromatic N) is 5. The van der Waals surface area contributed by atoms with Crippen LogP contribution in [0.15, 0.2) is 36.7 Å². The quantitative estimate of drug-likeness (QED) is 0.651. The van der Waals surface area contributed by atoms with E-state index in [0.29, 0.717) is 18.3 Å². The maximum Gasteiger partial charge on any atom is 0.254 e. The van der Waals surface area contributed by atoms with Crippen molar-refractivity contribution in [2.75, 3.05) is 25.1 Å². The summed E-state index contributed by atoms with van der Waals surface area (Å²) in [6.07, 6.45) is 5.10. The molecular weight excluding hydrogens is 350 g/mol. The fourth-order valence-electron chi connectivity index (χ4n) is 4.03. The number of piperidine rings is 1. The third kappa shape index (κ3) is 4.02. The van der Waals surface area contributed by atoms with Crippen molar-refractivity contribution < 1.29 is 4.74 Å². The van der Waals surface area contributed by atoms with Gasteiger partial charge in [-0.2, -0.15) is 14.6 Å². The number of hydrogen-bond acceptors (Lipinski definition) is 5. The van der Waals surface area contributed by atoms with Crippen molar-refractivity contribution in [2.24, 2.45) is 5.92 Å². The second kappa shape index (κ2) is 8.27. The van der Waals surface area contributed by atoms with E-state index in [2.05, 4.69) is 64.1 Å². The highest BCUT2D eigenvalue weighted by Crippen LogP contribution is 2.27. The molecule has 1 aliphatic heterocycles. The molecule has 2 aromatic heterocycles. The Bertz CT molecular complexity index is 910. The largest absolute Gasteiger partial charge is 0.378 e. The molecule has 28 heavy (non-hydrogen) atoms. The Morgan fingerprint density at radius 3 is 2.57 bits per heavy atom. The van der Waals surface area contributed by atoms with Gasteiger partial charge in [0.2, 0.25) is 0 Å². The summed E-state index contributed by atoms with van der Waals surface area (Å²) in [6, 6.07) is 11.3. The maximum absolute atomic E-state index is 5.26. The Kier molecular flexibility index (Phi) is 5.57. The van der Waals surface area contributed by atoms with Gasteiger partial charge in [-0.25, -0.2) is 4.98 Å². The normalized spacial score (nSPS) is 15.6. The lowest BCUT2D eigenvalue weighted by molar-refractivity contribution is 0.181. The number of methoxy groups -OCH3 is 1. The molecule has 1 saturated heterocycles. The van der Waals surface area contributed by atoms with Gasteiger partial charge in [-0.15, -0.1) is 0 Å². The minimum atomic E-state index is 0.485. The summed E-state index contributed by atoms with van der Waals surface area (Å²) >= 11 is 0. The second-order valence-corrected chi connectivity index (χ2v) is 8.04. The van der Waals surface area contributed by atoms with Gasteiger partial charge in [0.05, 0.1) is 12.3 Å². The fraction of sp³-hybridized carbons (Fsp3) is 0.500. The standard InChI is InChI=1S/C22H29N5O/c1-16(2)19-6-4-17(5-7-19)12-18-8-10-26(11-9-18)21-13-20(14-28-3)25-22-23-15-24-27(21)22/h4-7,13,15-16,18H,8-12,14H2,1-3H3. The average molecular weight is 380 g/mol. The average Bonchev–Trinajstić information content (AvgIpc) is 3.17. The van der Waals surface area contributed by atoms with E-state index in [4.69, 9.17) is 4.74 Å². The molecule has 4 rings (SSSR count). The number of rotatable bonds is 6.